The summed E-state index contributed by atoms with van der Waals surface area (Å²) < 4.78 is 7.71. The molecule has 5 rings (SSSR count). The highest BCUT2D eigenvalue weighted by molar-refractivity contribution is 5.85. The van der Waals surface area contributed by atoms with Gasteiger partial charge in [-0.2, -0.15) is 10.1 Å². The molecule has 0 aromatic carbocycles. The quantitative estimate of drug-likeness (QED) is 0.701. The number of hydrogen-bond acceptors (Lipinski definition) is 7. The molecule has 2 aliphatic heterocycles. The van der Waals surface area contributed by atoms with Gasteiger partial charge in [0, 0.05) is 37.2 Å². The number of piperidine rings is 2. The summed E-state index contributed by atoms with van der Waals surface area (Å²) in [6.07, 6.45) is 11.1. The molecule has 2 saturated heterocycles. The van der Waals surface area contributed by atoms with Crippen LogP contribution in [0.1, 0.15) is 38.0 Å². The van der Waals surface area contributed by atoms with Crippen LogP contribution in [0.3, 0.4) is 0 Å². The van der Waals surface area contributed by atoms with Crippen LogP contribution in [0.15, 0.2) is 41.3 Å². The van der Waals surface area contributed by atoms with E-state index in [-0.39, 0.29) is 17.9 Å². The van der Waals surface area contributed by atoms with E-state index >= 15 is 0 Å². The number of rotatable bonds is 4. The van der Waals surface area contributed by atoms with E-state index in [0.29, 0.717) is 11.7 Å². The first-order valence-electron chi connectivity index (χ1n) is 10.1. The molecule has 0 atom stereocenters. The molecule has 1 N–H and O–H groups in total. The highest BCUT2D eigenvalue weighted by Crippen LogP contribution is 2.34. The second-order valence-electron chi connectivity index (χ2n) is 7.61. The van der Waals surface area contributed by atoms with Crippen molar-refractivity contribution in [2.24, 2.45) is 0 Å². The summed E-state index contributed by atoms with van der Waals surface area (Å²) in [5.41, 5.74) is 0.488. The van der Waals surface area contributed by atoms with Gasteiger partial charge in [-0.1, -0.05) is 5.16 Å². The zero-order valence-electron chi connectivity index (χ0n) is 16.3. The van der Waals surface area contributed by atoms with Gasteiger partial charge in [-0.3, -0.25) is 4.68 Å². The molecule has 2 aliphatic rings. The molecular formula is C20H26ClN7O. The van der Waals surface area contributed by atoms with Crippen LogP contribution < -0.4 is 10.2 Å². The molecule has 5 heterocycles. The highest BCUT2D eigenvalue weighted by atomic mass is 35.5. The number of anilines is 1. The molecule has 0 amide bonds. The lowest BCUT2D eigenvalue weighted by Gasteiger charge is -2.34. The van der Waals surface area contributed by atoms with Crippen LogP contribution in [-0.4, -0.2) is 51.1 Å². The van der Waals surface area contributed by atoms with E-state index in [1.54, 1.807) is 6.20 Å². The Labute approximate surface area is 176 Å². The van der Waals surface area contributed by atoms with Gasteiger partial charge >= 0.3 is 0 Å². The lowest BCUT2D eigenvalue weighted by atomic mass is 9.88. The molecule has 0 radical (unpaired) electrons. The Morgan fingerprint density at radius 1 is 1.07 bits per heavy atom. The van der Waals surface area contributed by atoms with Crippen LogP contribution in [-0.2, 0) is 5.54 Å². The van der Waals surface area contributed by atoms with E-state index in [2.05, 4.69) is 31.5 Å². The Morgan fingerprint density at radius 3 is 2.59 bits per heavy atom. The molecular weight excluding hydrogens is 390 g/mol. The van der Waals surface area contributed by atoms with E-state index in [0.717, 1.165) is 50.4 Å². The van der Waals surface area contributed by atoms with Gasteiger partial charge in [0.2, 0.25) is 5.82 Å². The summed E-state index contributed by atoms with van der Waals surface area (Å²) in [4.78, 5) is 11.7. The van der Waals surface area contributed by atoms with Crippen molar-refractivity contribution in [3.63, 3.8) is 0 Å². The van der Waals surface area contributed by atoms with Crippen LogP contribution in [0.4, 0.5) is 5.82 Å². The van der Waals surface area contributed by atoms with Crippen molar-refractivity contribution in [2.45, 2.75) is 37.6 Å². The predicted octanol–water partition coefficient (Wildman–Crippen LogP) is 2.87. The Kier molecular flexibility index (Phi) is 5.82. The average molecular weight is 416 g/mol. The standard InChI is InChI=1S/C20H25N7O.ClH/c1-2-12-26(13-3-1)17-6-5-16(15-22-17)18-24-19(28-25-18)20(7-10-21-11-8-20)27-14-4-9-23-27;/h4-6,9,14-15,21H,1-3,7-8,10-13H2;1H. The van der Waals surface area contributed by atoms with Crippen LogP contribution in [0.2, 0.25) is 0 Å². The van der Waals surface area contributed by atoms with Crippen molar-refractivity contribution < 1.29 is 4.52 Å². The molecule has 0 unspecified atom stereocenters. The summed E-state index contributed by atoms with van der Waals surface area (Å²) in [7, 11) is 0. The van der Waals surface area contributed by atoms with E-state index < -0.39 is 0 Å². The lowest BCUT2D eigenvalue weighted by molar-refractivity contribution is 0.172. The predicted molar refractivity (Wildman–Crippen MR) is 112 cm³/mol. The SMILES string of the molecule is Cl.c1cnn(C2(c3nc(-c4ccc(N5CCCCC5)nc4)no3)CCNCC2)c1. The molecule has 29 heavy (non-hydrogen) atoms. The maximum Gasteiger partial charge on any atom is 0.255 e. The van der Waals surface area contributed by atoms with Crippen molar-refractivity contribution >= 4 is 18.2 Å². The maximum atomic E-state index is 5.74. The number of aromatic nitrogens is 5. The van der Waals surface area contributed by atoms with Crippen molar-refractivity contribution in [3.8, 4) is 11.4 Å². The van der Waals surface area contributed by atoms with E-state index in [1.807, 2.05) is 29.2 Å². The molecule has 0 spiro atoms. The number of halogens is 1. The largest absolute Gasteiger partial charge is 0.357 e. The van der Waals surface area contributed by atoms with Crippen molar-refractivity contribution in [3.05, 3.63) is 42.7 Å². The topological polar surface area (TPSA) is 84.9 Å². The molecule has 9 heteroatoms. The third-order valence-electron chi connectivity index (χ3n) is 5.88. The van der Waals surface area contributed by atoms with Crippen molar-refractivity contribution in [1.29, 1.82) is 0 Å². The number of hydrogen-bond donors (Lipinski definition) is 1. The molecule has 154 valence electrons. The summed E-state index contributed by atoms with van der Waals surface area (Å²) in [5, 5.41) is 12.1. The minimum absolute atomic E-state index is 0. The third-order valence-corrected chi connectivity index (χ3v) is 5.88. The molecule has 3 aromatic rings. The van der Waals surface area contributed by atoms with Gasteiger partial charge in [0.1, 0.15) is 11.4 Å². The second kappa shape index (κ2) is 8.51. The monoisotopic (exact) mass is 415 g/mol. The number of nitrogens with one attached hydrogen (secondary N) is 1. The Hall–Kier alpha value is -2.45. The molecule has 2 fully saturated rings. The van der Waals surface area contributed by atoms with Gasteiger partial charge in [-0.05, 0) is 63.4 Å². The Bertz CT molecular complexity index is 897. The summed E-state index contributed by atoms with van der Waals surface area (Å²) in [6.45, 7) is 3.95. The molecule has 0 saturated carbocycles. The van der Waals surface area contributed by atoms with Crippen LogP contribution in [0, 0.1) is 0 Å². The molecule has 0 aliphatic carbocycles. The minimum atomic E-state index is -0.388. The van der Waals surface area contributed by atoms with Gasteiger partial charge in [0.05, 0.1) is 0 Å². The van der Waals surface area contributed by atoms with E-state index in [1.165, 1.54) is 19.3 Å². The normalized spacial score (nSPS) is 19.0. The first kappa shape index (κ1) is 19.8. The highest BCUT2D eigenvalue weighted by Gasteiger charge is 2.41. The fraction of sp³-hybridized carbons (Fsp3) is 0.500. The lowest BCUT2D eigenvalue weighted by Crippen LogP contribution is -2.45. The van der Waals surface area contributed by atoms with Crippen LogP contribution in [0.5, 0.6) is 0 Å². The van der Waals surface area contributed by atoms with E-state index in [4.69, 9.17) is 9.51 Å². The average Bonchev–Trinajstić information content (AvgIpc) is 3.48. The van der Waals surface area contributed by atoms with Crippen LogP contribution in [0.25, 0.3) is 11.4 Å². The number of nitrogens with zero attached hydrogens (tertiary/aromatic N) is 6. The first-order valence-corrected chi connectivity index (χ1v) is 10.1. The fourth-order valence-corrected chi connectivity index (χ4v) is 4.26. The van der Waals surface area contributed by atoms with Crippen LogP contribution >= 0.6 is 12.4 Å². The van der Waals surface area contributed by atoms with Gasteiger partial charge in [0.15, 0.2) is 0 Å². The zero-order chi connectivity index (χ0) is 18.8. The summed E-state index contributed by atoms with van der Waals surface area (Å²) >= 11 is 0. The number of pyridine rings is 1. The molecule has 0 bridgehead atoms. The van der Waals surface area contributed by atoms with Crippen molar-refractivity contribution in [1.82, 2.24) is 30.2 Å². The first-order chi connectivity index (χ1) is 13.9. The zero-order valence-corrected chi connectivity index (χ0v) is 17.1. The van der Waals surface area contributed by atoms with Gasteiger partial charge in [-0.15, -0.1) is 12.4 Å². The second-order valence-corrected chi connectivity index (χ2v) is 7.61. The van der Waals surface area contributed by atoms with Crippen molar-refractivity contribution in [2.75, 3.05) is 31.1 Å². The van der Waals surface area contributed by atoms with Gasteiger partial charge in [0.25, 0.3) is 5.89 Å². The fourth-order valence-electron chi connectivity index (χ4n) is 4.26. The molecule has 8 nitrogen and oxygen atoms in total. The Balaban J connectivity index is 0.00000205. The summed E-state index contributed by atoms with van der Waals surface area (Å²) in [6, 6.07) is 6.03. The van der Waals surface area contributed by atoms with E-state index in [9.17, 15) is 0 Å². The van der Waals surface area contributed by atoms with Gasteiger partial charge in [-0.25, -0.2) is 4.98 Å². The molecule has 3 aromatic heterocycles. The van der Waals surface area contributed by atoms with Gasteiger partial charge < -0.3 is 14.7 Å². The summed E-state index contributed by atoms with van der Waals surface area (Å²) in [5.74, 6) is 2.23. The smallest absolute Gasteiger partial charge is 0.255 e. The maximum absolute atomic E-state index is 5.74. The Morgan fingerprint density at radius 2 is 1.90 bits per heavy atom. The minimum Gasteiger partial charge on any atom is -0.357 e. The third kappa shape index (κ3) is 3.74.